The molecule has 1 aliphatic heterocycles. The van der Waals surface area contributed by atoms with E-state index < -0.39 is 0 Å². The van der Waals surface area contributed by atoms with Crippen molar-refractivity contribution in [3.05, 3.63) is 59.9 Å². The van der Waals surface area contributed by atoms with Gasteiger partial charge in [0.15, 0.2) is 0 Å². The molecule has 2 aliphatic carbocycles. The summed E-state index contributed by atoms with van der Waals surface area (Å²) in [6.45, 7) is 0. The number of imide groups is 1. The van der Waals surface area contributed by atoms with E-state index in [2.05, 4.69) is 4.98 Å². The van der Waals surface area contributed by atoms with Crippen molar-refractivity contribution in [2.24, 2.45) is 23.7 Å². The lowest BCUT2D eigenvalue weighted by atomic mass is 9.81. The lowest BCUT2D eigenvalue weighted by Crippen LogP contribution is -2.32. The molecule has 1 aromatic heterocycles. The van der Waals surface area contributed by atoms with Crippen LogP contribution in [-0.4, -0.2) is 16.8 Å². The summed E-state index contributed by atoms with van der Waals surface area (Å²) >= 11 is 0. The van der Waals surface area contributed by atoms with E-state index in [0.29, 0.717) is 11.8 Å². The standard InChI is InChI=1S/C21H20N2O2/c24-20-18-15-3-4-16(12-15)19(18)21(25)23(20)17-5-1-13(2-6-17)11-14-7-9-22-10-8-14/h1-2,5-10,15-16,18-19H,3-4,11-12H2. The van der Waals surface area contributed by atoms with Crippen molar-refractivity contribution in [3.63, 3.8) is 0 Å². The summed E-state index contributed by atoms with van der Waals surface area (Å²) in [7, 11) is 0. The minimum atomic E-state index is -0.0530. The fourth-order valence-corrected chi connectivity index (χ4v) is 5.16. The van der Waals surface area contributed by atoms with Crippen molar-refractivity contribution < 1.29 is 9.59 Å². The number of anilines is 1. The van der Waals surface area contributed by atoms with E-state index >= 15 is 0 Å². The number of hydrogen-bond acceptors (Lipinski definition) is 3. The molecule has 3 aliphatic rings. The summed E-state index contributed by atoms with van der Waals surface area (Å²) in [5.41, 5.74) is 3.08. The second-order valence-corrected chi connectivity index (χ2v) is 7.60. The summed E-state index contributed by atoms with van der Waals surface area (Å²) in [6, 6.07) is 11.8. The van der Waals surface area contributed by atoms with Gasteiger partial charge in [-0.05, 0) is 72.9 Å². The first-order chi connectivity index (χ1) is 12.2. The summed E-state index contributed by atoms with van der Waals surface area (Å²) in [6.07, 6.45) is 7.70. The predicted octanol–water partition coefficient (Wildman–Crippen LogP) is 3.21. The Bertz CT molecular complexity index is 803. The van der Waals surface area contributed by atoms with Crippen LogP contribution >= 0.6 is 0 Å². The minimum absolute atomic E-state index is 0.0316. The number of pyridine rings is 1. The van der Waals surface area contributed by atoms with Crippen molar-refractivity contribution in [2.75, 3.05) is 4.90 Å². The van der Waals surface area contributed by atoms with Gasteiger partial charge in [0.25, 0.3) is 0 Å². The lowest BCUT2D eigenvalue weighted by molar-refractivity contribution is -0.123. The van der Waals surface area contributed by atoms with Gasteiger partial charge in [-0.25, -0.2) is 0 Å². The maximum absolute atomic E-state index is 12.9. The molecular weight excluding hydrogens is 312 g/mol. The normalized spacial score (nSPS) is 30.2. The quantitative estimate of drug-likeness (QED) is 0.811. The van der Waals surface area contributed by atoms with Crippen LogP contribution in [0.25, 0.3) is 0 Å². The number of nitrogens with zero attached hydrogens (tertiary/aromatic N) is 2. The van der Waals surface area contributed by atoms with Crippen molar-refractivity contribution in [3.8, 4) is 0 Å². The van der Waals surface area contributed by atoms with Crippen LogP contribution < -0.4 is 4.90 Å². The van der Waals surface area contributed by atoms with Crippen LogP contribution in [0.2, 0.25) is 0 Å². The fraction of sp³-hybridized carbons (Fsp3) is 0.381. The van der Waals surface area contributed by atoms with Crippen molar-refractivity contribution in [2.45, 2.75) is 25.7 Å². The maximum atomic E-state index is 12.9. The highest BCUT2D eigenvalue weighted by Crippen LogP contribution is 2.56. The van der Waals surface area contributed by atoms with Crippen molar-refractivity contribution in [1.82, 2.24) is 4.98 Å². The number of aromatic nitrogens is 1. The maximum Gasteiger partial charge on any atom is 0.237 e. The zero-order valence-electron chi connectivity index (χ0n) is 14.0. The smallest absolute Gasteiger partial charge is 0.237 e. The van der Waals surface area contributed by atoms with Crippen molar-refractivity contribution >= 4 is 17.5 Å². The van der Waals surface area contributed by atoms with Gasteiger partial charge < -0.3 is 0 Å². The molecule has 2 amide bonds. The van der Waals surface area contributed by atoms with Gasteiger partial charge in [0, 0.05) is 12.4 Å². The van der Waals surface area contributed by atoms with Gasteiger partial charge in [-0.15, -0.1) is 0 Å². The summed E-state index contributed by atoms with van der Waals surface area (Å²) in [5.74, 6) is 0.823. The van der Waals surface area contributed by atoms with Gasteiger partial charge in [-0.2, -0.15) is 0 Å². The van der Waals surface area contributed by atoms with Gasteiger partial charge in [-0.1, -0.05) is 12.1 Å². The molecule has 0 spiro atoms. The molecule has 1 saturated heterocycles. The Hall–Kier alpha value is -2.49. The largest absolute Gasteiger partial charge is 0.274 e. The molecule has 4 heteroatoms. The van der Waals surface area contributed by atoms with Crippen LogP contribution in [-0.2, 0) is 16.0 Å². The molecule has 0 radical (unpaired) electrons. The molecule has 2 aromatic rings. The predicted molar refractivity (Wildman–Crippen MR) is 93.8 cm³/mol. The second-order valence-electron chi connectivity index (χ2n) is 7.60. The number of rotatable bonds is 3. The third-order valence-corrected chi connectivity index (χ3v) is 6.28. The van der Waals surface area contributed by atoms with E-state index in [1.165, 1.54) is 10.5 Å². The number of amides is 2. The van der Waals surface area contributed by atoms with Crippen LogP contribution in [0.15, 0.2) is 48.8 Å². The Balaban J connectivity index is 1.39. The minimum Gasteiger partial charge on any atom is -0.274 e. The summed E-state index contributed by atoms with van der Waals surface area (Å²) in [5, 5.41) is 0. The Labute approximate surface area is 146 Å². The Kier molecular flexibility index (Phi) is 3.27. The van der Waals surface area contributed by atoms with Crippen LogP contribution in [0, 0.1) is 23.7 Å². The first-order valence-electron chi connectivity index (χ1n) is 9.08. The zero-order chi connectivity index (χ0) is 17.0. The highest BCUT2D eigenvalue weighted by Gasteiger charge is 2.61. The van der Waals surface area contributed by atoms with Gasteiger partial charge >= 0.3 is 0 Å². The summed E-state index contributed by atoms with van der Waals surface area (Å²) < 4.78 is 0. The van der Waals surface area contributed by atoms with E-state index in [0.717, 1.165) is 36.9 Å². The molecule has 0 N–H and O–H groups in total. The highest BCUT2D eigenvalue weighted by molar-refractivity contribution is 6.22. The molecule has 2 saturated carbocycles. The summed E-state index contributed by atoms with van der Waals surface area (Å²) in [4.78, 5) is 31.2. The van der Waals surface area contributed by atoms with Crippen molar-refractivity contribution in [1.29, 1.82) is 0 Å². The Morgan fingerprint density at radius 3 is 2.00 bits per heavy atom. The SMILES string of the molecule is O=C1C2C3CCC(C3)C2C(=O)N1c1ccc(Cc2ccncc2)cc1. The first kappa shape index (κ1) is 14.8. The third kappa shape index (κ3) is 2.24. The van der Waals surface area contributed by atoms with Crippen LogP contribution in [0.3, 0.4) is 0 Å². The Morgan fingerprint density at radius 1 is 0.840 bits per heavy atom. The van der Waals surface area contributed by atoms with Gasteiger partial charge in [0.05, 0.1) is 17.5 Å². The zero-order valence-corrected chi connectivity index (χ0v) is 14.0. The molecular formula is C21H20N2O2. The lowest BCUT2D eigenvalue weighted by Gasteiger charge is -2.19. The topological polar surface area (TPSA) is 50.3 Å². The fourth-order valence-electron chi connectivity index (χ4n) is 5.16. The monoisotopic (exact) mass is 332 g/mol. The highest BCUT2D eigenvalue weighted by atomic mass is 16.2. The first-order valence-corrected chi connectivity index (χ1v) is 9.08. The van der Waals surface area contributed by atoms with Crippen LogP contribution in [0.4, 0.5) is 5.69 Å². The molecule has 5 rings (SSSR count). The third-order valence-electron chi connectivity index (χ3n) is 6.28. The molecule has 2 heterocycles. The molecule has 1 aromatic carbocycles. The molecule has 4 atom stereocenters. The van der Waals surface area contributed by atoms with E-state index in [1.54, 1.807) is 12.4 Å². The van der Waals surface area contributed by atoms with E-state index in [-0.39, 0.29) is 23.7 Å². The molecule has 2 bridgehead atoms. The molecule has 25 heavy (non-hydrogen) atoms. The van der Waals surface area contributed by atoms with Crippen LogP contribution in [0.1, 0.15) is 30.4 Å². The average Bonchev–Trinajstić information content (AvgIpc) is 3.31. The Morgan fingerprint density at radius 2 is 1.40 bits per heavy atom. The van der Waals surface area contributed by atoms with Gasteiger partial charge in [0.2, 0.25) is 11.8 Å². The average molecular weight is 332 g/mol. The second kappa shape index (κ2) is 5.51. The molecule has 126 valence electrons. The van der Waals surface area contributed by atoms with E-state index in [4.69, 9.17) is 0 Å². The number of carbonyl (C=O) groups is 2. The van der Waals surface area contributed by atoms with E-state index in [1.807, 2.05) is 36.4 Å². The van der Waals surface area contributed by atoms with Gasteiger partial charge in [-0.3, -0.25) is 19.5 Å². The molecule has 4 unspecified atom stereocenters. The number of hydrogen-bond donors (Lipinski definition) is 0. The van der Waals surface area contributed by atoms with Gasteiger partial charge in [0.1, 0.15) is 0 Å². The van der Waals surface area contributed by atoms with E-state index in [9.17, 15) is 9.59 Å². The number of benzene rings is 1. The number of fused-ring (bicyclic) bond motifs is 5. The molecule has 4 nitrogen and oxygen atoms in total. The number of carbonyl (C=O) groups excluding carboxylic acids is 2. The van der Waals surface area contributed by atoms with Crippen LogP contribution in [0.5, 0.6) is 0 Å². The molecule has 3 fully saturated rings.